The van der Waals surface area contributed by atoms with Crippen LogP contribution in [0.25, 0.3) is 10.9 Å². The van der Waals surface area contributed by atoms with E-state index in [0.29, 0.717) is 22.2 Å². The van der Waals surface area contributed by atoms with Gasteiger partial charge in [-0.2, -0.15) is 0 Å². The molecule has 0 aliphatic carbocycles. The molecule has 9 heteroatoms. The Morgan fingerprint density at radius 1 is 1.06 bits per heavy atom. The number of pyridine rings is 1. The second-order valence-electron chi connectivity index (χ2n) is 7.29. The highest BCUT2D eigenvalue weighted by molar-refractivity contribution is 7.91. The summed E-state index contributed by atoms with van der Waals surface area (Å²) in [4.78, 5) is 15.5. The third kappa shape index (κ3) is 3.87. The summed E-state index contributed by atoms with van der Waals surface area (Å²) in [5.41, 5.74) is 1.90. The lowest BCUT2D eigenvalue weighted by molar-refractivity contribution is -0.137. The zero-order valence-electron chi connectivity index (χ0n) is 16.9. The third-order valence-electron chi connectivity index (χ3n) is 5.32. The molecule has 0 saturated carbocycles. The lowest BCUT2D eigenvalue weighted by Gasteiger charge is -2.11. The van der Waals surface area contributed by atoms with E-state index in [1.165, 1.54) is 48.7 Å². The van der Waals surface area contributed by atoms with Crippen LogP contribution in [0.1, 0.15) is 17.0 Å². The molecule has 6 nitrogen and oxygen atoms in total. The second-order valence-corrected chi connectivity index (χ2v) is 9.21. The van der Waals surface area contributed by atoms with Gasteiger partial charge in [0.05, 0.1) is 15.5 Å². The number of hydrogen-bond acceptors (Lipinski definition) is 4. The normalized spacial score (nSPS) is 11.7. The van der Waals surface area contributed by atoms with Gasteiger partial charge in [-0.1, -0.05) is 0 Å². The Kier molecular flexibility index (Phi) is 5.52. The molecule has 32 heavy (non-hydrogen) atoms. The van der Waals surface area contributed by atoms with Gasteiger partial charge in [0.1, 0.15) is 18.2 Å². The smallest absolute Gasteiger partial charge is 0.323 e. The maximum Gasteiger partial charge on any atom is 0.323 e. The van der Waals surface area contributed by atoms with Gasteiger partial charge in [-0.25, -0.2) is 17.2 Å². The molecule has 2 heterocycles. The molecule has 2 aromatic carbocycles. The largest absolute Gasteiger partial charge is 0.480 e. The number of carboxylic acids is 1. The number of aromatic nitrogens is 2. The van der Waals surface area contributed by atoms with Crippen LogP contribution >= 0.6 is 0 Å². The van der Waals surface area contributed by atoms with Crippen LogP contribution in [0.4, 0.5) is 8.78 Å². The summed E-state index contributed by atoms with van der Waals surface area (Å²) in [5.74, 6) is -2.11. The first-order chi connectivity index (χ1) is 15.2. The maximum atomic E-state index is 14.0. The molecule has 0 radical (unpaired) electrons. The van der Waals surface area contributed by atoms with E-state index in [9.17, 15) is 27.1 Å². The minimum atomic E-state index is -4.00. The number of sulfone groups is 1. The van der Waals surface area contributed by atoms with Gasteiger partial charge < -0.3 is 9.67 Å². The predicted molar refractivity (Wildman–Crippen MR) is 113 cm³/mol. The Morgan fingerprint density at radius 3 is 2.44 bits per heavy atom. The number of rotatable bonds is 6. The number of aliphatic carboxylic acids is 1. The molecule has 0 unspecified atom stereocenters. The van der Waals surface area contributed by atoms with Crippen molar-refractivity contribution in [1.82, 2.24) is 9.55 Å². The highest BCUT2D eigenvalue weighted by atomic mass is 32.2. The van der Waals surface area contributed by atoms with Crippen molar-refractivity contribution in [2.75, 3.05) is 0 Å². The number of benzene rings is 2. The zero-order valence-corrected chi connectivity index (χ0v) is 17.7. The van der Waals surface area contributed by atoms with Crippen molar-refractivity contribution >= 4 is 26.7 Å². The van der Waals surface area contributed by atoms with E-state index in [1.807, 2.05) is 0 Å². The summed E-state index contributed by atoms with van der Waals surface area (Å²) in [6.45, 7) is 1.38. The lowest BCUT2D eigenvalue weighted by Crippen LogP contribution is -2.11. The minimum Gasteiger partial charge on any atom is -0.480 e. The molecule has 0 saturated heterocycles. The number of hydrogen-bond donors (Lipinski definition) is 1. The van der Waals surface area contributed by atoms with Gasteiger partial charge >= 0.3 is 5.97 Å². The third-order valence-corrected chi connectivity index (χ3v) is 7.16. The molecule has 0 atom stereocenters. The fourth-order valence-electron chi connectivity index (χ4n) is 3.79. The highest BCUT2D eigenvalue weighted by Gasteiger charge is 2.24. The quantitative estimate of drug-likeness (QED) is 0.441. The monoisotopic (exact) mass is 456 g/mol. The summed E-state index contributed by atoms with van der Waals surface area (Å²) < 4.78 is 55.2. The molecule has 4 aromatic rings. The van der Waals surface area contributed by atoms with E-state index in [-0.39, 0.29) is 28.5 Å². The van der Waals surface area contributed by atoms with Gasteiger partial charge in [0, 0.05) is 29.2 Å². The van der Waals surface area contributed by atoms with Crippen LogP contribution in [0.3, 0.4) is 0 Å². The molecule has 0 spiro atoms. The molecule has 0 aliphatic rings. The first kappa shape index (κ1) is 21.6. The number of nitrogens with zero attached hydrogens (tertiary/aromatic N) is 2. The van der Waals surface area contributed by atoms with E-state index in [2.05, 4.69) is 4.98 Å². The van der Waals surface area contributed by atoms with E-state index in [0.717, 1.165) is 12.1 Å². The number of halogens is 2. The van der Waals surface area contributed by atoms with Gasteiger partial charge in [-0.15, -0.1) is 0 Å². The van der Waals surface area contributed by atoms with Crippen LogP contribution in [0, 0.1) is 18.6 Å². The molecule has 0 bridgehead atoms. The maximum absolute atomic E-state index is 14.0. The number of carbonyl (C=O) groups is 1. The Balaban J connectivity index is 1.86. The topological polar surface area (TPSA) is 89.3 Å². The summed E-state index contributed by atoms with van der Waals surface area (Å²) in [6.07, 6.45) is 1.49. The second kappa shape index (κ2) is 8.16. The van der Waals surface area contributed by atoms with Crippen molar-refractivity contribution in [3.63, 3.8) is 0 Å². The standard InChI is InChI=1S/C23H18F2N2O4S/c1-14-18(19-11-16(25)6-9-21(19)27(14)13-23(28)29)12-20-22(3-2-10-26-20)32(30,31)17-7-4-15(24)5-8-17/h2-11H,12-13H2,1H3,(H,28,29). The van der Waals surface area contributed by atoms with Crippen LogP contribution in [0.5, 0.6) is 0 Å². The minimum absolute atomic E-state index is 0.0367. The molecule has 0 fully saturated rings. The molecular weight excluding hydrogens is 438 g/mol. The van der Waals surface area contributed by atoms with Crippen LogP contribution in [-0.2, 0) is 27.6 Å². The fraction of sp³-hybridized carbons (Fsp3) is 0.130. The average molecular weight is 456 g/mol. The lowest BCUT2D eigenvalue weighted by atomic mass is 10.1. The van der Waals surface area contributed by atoms with Crippen LogP contribution in [-0.4, -0.2) is 29.0 Å². The SMILES string of the molecule is Cc1c(Cc2ncccc2S(=O)(=O)c2ccc(F)cc2)c2cc(F)ccc2n1CC(=O)O. The van der Waals surface area contributed by atoms with Gasteiger partial charge in [-0.3, -0.25) is 9.78 Å². The molecule has 4 rings (SSSR count). The Bertz CT molecular complexity index is 1450. The first-order valence-electron chi connectivity index (χ1n) is 9.62. The van der Waals surface area contributed by atoms with Crippen molar-refractivity contribution in [3.05, 3.63) is 89.4 Å². The van der Waals surface area contributed by atoms with Crippen LogP contribution in [0.15, 0.2) is 70.6 Å². The Morgan fingerprint density at radius 2 is 1.75 bits per heavy atom. The fourth-order valence-corrected chi connectivity index (χ4v) is 5.24. The van der Waals surface area contributed by atoms with Crippen molar-refractivity contribution in [2.45, 2.75) is 29.7 Å². The van der Waals surface area contributed by atoms with Crippen molar-refractivity contribution in [1.29, 1.82) is 0 Å². The molecule has 2 aromatic heterocycles. The molecule has 164 valence electrons. The molecule has 0 aliphatic heterocycles. The first-order valence-corrected chi connectivity index (χ1v) is 11.1. The van der Waals surface area contributed by atoms with Crippen molar-refractivity contribution in [3.8, 4) is 0 Å². The van der Waals surface area contributed by atoms with Crippen LogP contribution < -0.4 is 0 Å². The predicted octanol–water partition coefficient (Wildman–Crippen LogP) is 4.13. The van der Waals surface area contributed by atoms with Crippen molar-refractivity contribution < 1.29 is 27.1 Å². The highest BCUT2D eigenvalue weighted by Crippen LogP contribution is 2.31. The summed E-state index contributed by atoms with van der Waals surface area (Å²) in [7, 11) is -4.00. The summed E-state index contributed by atoms with van der Waals surface area (Å²) >= 11 is 0. The molecule has 1 N–H and O–H groups in total. The van der Waals surface area contributed by atoms with Gasteiger partial charge in [-0.05, 0) is 67.1 Å². The van der Waals surface area contributed by atoms with Crippen molar-refractivity contribution in [2.24, 2.45) is 0 Å². The van der Waals surface area contributed by atoms with Gasteiger partial charge in [0.25, 0.3) is 0 Å². The van der Waals surface area contributed by atoms with E-state index < -0.39 is 27.4 Å². The average Bonchev–Trinajstić information content (AvgIpc) is 2.99. The Labute approximate surface area is 182 Å². The Hall–Kier alpha value is -3.59. The summed E-state index contributed by atoms with van der Waals surface area (Å²) in [6, 6.07) is 11.4. The number of fused-ring (bicyclic) bond motifs is 1. The van der Waals surface area contributed by atoms with Gasteiger partial charge in [0.15, 0.2) is 0 Å². The number of carboxylic acid groups (broad SMARTS) is 1. The zero-order chi connectivity index (χ0) is 23.0. The van der Waals surface area contributed by atoms with E-state index in [4.69, 9.17) is 0 Å². The van der Waals surface area contributed by atoms with Gasteiger partial charge in [0.2, 0.25) is 9.84 Å². The summed E-state index contributed by atoms with van der Waals surface area (Å²) in [5, 5.41) is 9.77. The van der Waals surface area contributed by atoms with Crippen LogP contribution in [0.2, 0.25) is 0 Å². The van der Waals surface area contributed by atoms with E-state index in [1.54, 1.807) is 11.5 Å². The molecule has 0 amide bonds. The molecular formula is C23H18F2N2O4S. The van der Waals surface area contributed by atoms with E-state index >= 15 is 0 Å².